The van der Waals surface area contributed by atoms with Gasteiger partial charge in [0.1, 0.15) is 5.82 Å². The van der Waals surface area contributed by atoms with Gasteiger partial charge in [0.15, 0.2) is 0 Å². The Hall–Kier alpha value is -2.93. The molecule has 7 nitrogen and oxygen atoms in total. The average Bonchev–Trinajstić information content (AvgIpc) is 3.07. The monoisotopic (exact) mass is 378 g/mol. The maximum Gasteiger partial charge on any atom is 0.223 e. The average molecular weight is 378 g/mol. The second-order valence-electron chi connectivity index (χ2n) is 7.25. The first-order chi connectivity index (χ1) is 13.7. The quantitative estimate of drug-likeness (QED) is 0.683. The molecule has 7 heteroatoms. The van der Waals surface area contributed by atoms with Crippen molar-refractivity contribution in [2.24, 2.45) is 7.05 Å². The molecule has 2 aromatic heterocycles. The topological polar surface area (TPSA) is 90.9 Å². The fourth-order valence-electron chi connectivity index (χ4n) is 3.57. The second-order valence-corrected chi connectivity index (χ2v) is 7.25. The van der Waals surface area contributed by atoms with Crippen molar-refractivity contribution in [1.82, 2.24) is 19.7 Å². The van der Waals surface area contributed by atoms with Crippen molar-refractivity contribution in [3.05, 3.63) is 54.4 Å². The minimum atomic E-state index is 0.320. The van der Waals surface area contributed by atoms with E-state index in [0.29, 0.717) is 30.5 Å². The lowest BCUT2D eigenvalue weighted by Gasteiger charge is -2.29. The molecule has 0 aliphatic heterocycles. The van der Waals surface area contributed by atoms with E-state index in [2.05, 4.69) is 32.5 Å². The molecular weight excluding hydrogens is 352 g/mol. The Labute approximate surface area is 165 Å². The maximum absolute atomic E-state index is 6.08. The molecule has 3 N–H and O–H groups in total. The van der Waals surface area contributed by atoms with Crippen molar-refractivity contribution in [3.63, 3.8) is 0 Å². The molecule has 0 atom stereocenters. The van der Waals surface area contributed by atoms with E-state index in [1.165, 1.54) is 5.56 Å². The largest absolute Gasteiger partial charge is 0.383 e. The van der Waals surface area contributed by atoms with Gasteiger partial charge < -0.3 is 15.8 Å². The van der Waals surface area contributed by atoms with E-state index in [9.17, 15) is 0 Å². The fourth-order valence-corrected chi connectivity index (χ4v) is 3.57. The molecule has 146 valence electrons. The van der Waals surface area contributed by atoms with Crippen LogP contribution in [0.5, 0.6) is 0 Å². The van der Waals surface area contributed by atoms with E-state index in [0.717, 1.165) is 36.9 Å². The van der Waals surface area contributed by atoms with Gasteiger partial charge in [-0.15, -0.1) is 0 Å². The zero-order valence-corrected chi connectivity index (χ0v) is 16.1. The van der Waals surface area contributed by atoms with Crippen LogP contribution in [0.25, 0.3) is 11.3 Å². The zero-order valence-electron chi connectivity index (χ0n) is 16.1. The van der Waals surface area contributed by atoms with Gasteiger partial charge in [-0.1, -0.05) is 30.3 Å². The van der Waals surface area contributed by atoms with Gasteiger partial charge in [-0.05, 0) is 37.3 Å². The van der Waals surface area contributed by atoms with Crippen molar-refractivity contribution in [2.75, 3.05) is 11.1 Å². The molecule has 0 saturated heterocycles. The van der Waals surface area contributed by atoms with Gasteiger partial charge in [-0.2, -0.15) is 5.10 Å². The third kappa shape index (κ3) is 4.31. The molecular formula is C21H26N6O. The molecule has 1 aliphatic carbocycles. The minimum absolute atomic E-state index is 0.320. The number of aromatic nitrogens is 4. The Morgan fingerprint density at radius 2 is 1.93 bits per heavy atom. The van der Waals surface area contributed by atoms with Gasteiger partial charge >= 0.3 is 0 Å². The second kappa shape index (κ2) is 8.39. The van der Waals surface area contributed by atoms with Gasteiger partial charge in [0.25, 0.3) is 0 Å². The van der Waals surface area contributed by atoms with Gasteiger partial charge in [0.05, 0.1) is 30.2 Å². The lowest BCUT2D eigenvalue weighted by atomic mass is 9.93. The van der Waals surface area contributed by atoms with Crippen LogP contribution in [0.2, 0.25) is 0 Å². The zero-order chi connectivity index (χ0) is 19.3. The SMILES string of the molecule is Cn1ncc(-c2ccnc(NC3CCC(OCc4ccccc4)CC3)n2)c1N. The number of hydrogen-bond donors (Lipinski definition) is 2. The van der Waals surface area contributed by atoms with Crippen LogP contribution in [-0.2, 0) is 18.4 Å². The standard InChI is InChI=1S/C21H26N6O/c1-27-20(22)18(13-24-27)19-11-12-23-21(26-19)25-16-7-9-17(10-8-16)28-14-15-5-3-2-4-6-15/h2-6,11-13,16-17H,7-10,14,22H2,1H3,(H,23,25,26). The Morgan fingerprint density at radius 1 is 1.14 bits per heavy atom. The molecule has 2 heterocycles. The highest BCUT2D eigenvalue weighted by molar-refractivity contribution is 5.70. The molecule has 1 saturated carbocycles. The van der Waals surface area contributed by atoms with Crippen LogP contribution in [0.15, 0.2) is 48.8 Å². The van der Waals surface area contributed by atoms with Crippen molar-refractivity contribution < 1.29 is 4.74 Å². The van der Waals surface area contributed by atoms with E-state index in [1.54, 1.807) is 17.1 Å². The van der Waals surface area contributed by atoms with Crippen molar-refractivity contribution in [3.8, 4) is 11.3 Å². The summed E-state index contributed by atoms with van der Waals surface area (Å²) in [4.78, 5) is 8.99. The summed E-state index contributed by atoms with van der Waals surface area (Å²) >= 11 is 0. The first-order valence-electron chi connectivity index (χ1n) is 9.72. The Kier molecular flexibility index (Phi) is 5.53. The van der Waals surface area contributed by atoms with Crippen molar-refractivity contribution in [1.29, 1.82) is 0 Å². The molecule has 1 aromatic carbocycles. The number of nitrogen functional groups attached to an aromatic ring is 1. The molecule has 28 heavy (non-hydrogen) atoms. The predicted octanol–water partition coefficient (Wildman–Crippen LogP) is 3.40. The molecule has 0 amide bonds. The highest BCUT2D eigenvalue weighted by atomic mass is 16.5. The van der Waals surface area contributed by atoms with Crippen LogP contribution in [-0.4, -0.2) is 31.9 Å². The third-order valence-electron chi connectivity index (χ3n) is 5.25. The number of nitrogens with two attached hydrogens (primary N) is 1. The summed E-state index contributed by atoms with van der Waals surface area (Å²) < 4.78 is 7.72. The predicted molar refractivity (Wildman–Crippen MR) is 110 cm³/mol. The molecule has 1 aliphatic rings. The first kappa shape index (κ1) is 18.4. The number of ether oxygens (including phenoxy) is 1. The van der Waals surface area contributed by atoms with Gasteiger partial charge in [0.2, 0.25) is 5.95 Å². The summed E-state index contributed by atoms with van der Waals surface area (Å²) in [5.74, 6) is 1.23. The highest BCUT2D eigenvalue weighted by Gasteiger charge is 2.22. The number of nitrogens with one attached hydrogen (secondary N) is 1. The van der Waals surface area contributed by atoms with Gasteiger partial charge in [-0.25, -0.2) is 9.97 Å². The van der Waals surface area contributed by atoms with Crippen LogP contribution in [0.1, 0.15) is 31.2 Å². The normalized spacial score (nSPS) is 19.5. The number of nitrogens with zero attached hydrogens (tertiary/aromatic N) is 4. The lowest BCUT2D eigenvalue weighted by Crippen LogP contribution is -2.30. The van der Waals surface area contributed by atoms with Gasteiger partial charge in [0, 0.05) is 19.3 Å². The number of anilines is 2. The lowest BCUT2D eigenvalue weighted by molar-refractivity contribution is 0.0149. The minimum Gasteiger partial charge on any atom is -0.383 e. The fraction of sp³-hybridized carbons (Fsp3) is 0.381. The number of benzene rings is 1. The number of hydrogen-bond acceptors (Lipinski definition) is 6. The summed E-state index contributed by atoms with van der Waals surface area (Å²) in [6.07, 6.45) is 7.98. The number of aryl methyl sites for hydroxylation is 1. The molecule has 4 rings (SSSR count). The maximum atomic E-state index is 6.08. The van der Waals surface area contributed by atoms with E-state index in [4.69, 9.17) is 10.5 Å². The van der Waals surface area contributed by atoms with Crippen LogP contribution in [0.4, 0.5) is 11.8 Å². The molecule has 3 aromatic rings. The summed E-state index contributed by atoms with van der Waals surface area (Å²) in [6.45, 7) is 0.682. The molecule has 0 bridgehead atoms. The van der Waals surface area contributed by atoms with Gasteiger partial charge in [-0.3, -0.25) is 4.68 Å². The Morgan fingerprint density at radius 3 is 2.64 bits per heavy atom. The summed E-state index contributed by atoms with van der Waals surface area (Å²) in [5, 5.41) is 7.65. The van der Waals surface area contributed by atoms with Crippen molar-refractivity contribution >= 4 is 11.8 Å². The first-order valence-corrected chi connectivity index (χ1v) is 9.72. The summed E-state index contributed by atoms with van der Waals surface area (Å²) in [6, 6.07) is 12.5. The van der Waals surface area contributed by atoms with Crippen LogP contribution < -0.4 is 11.1 Å². The molecule has 0 spiro atoms. The van der Waals surface area contributed by atoms with Crippen LogP contribution in [0.3, 0.4) is 0 Å². The Balaban J connectivity index is 1.30. The molecule has 0 radical (unpaired) electrons. The molecule has 1 fully saturated rings. The summed E-state index contributed by atoms with van der Waals surface area (Å²) in [7, 11) is 1.82. The van der Waals surface area contributed by atoms with E-state index < -0.39 is 0 Å². The Bertz CT molecular complexity index is 902. The van der Waals surface area contributed by atoms with E-state index in [1.807, 2.05) is 31.3 Å². The van der Waals surface area contributed by atoms with Crippen LogP contribution >= 0.6 is 0 Å². The molecule has 0 unspecified atom stereocenters. The summed E-state index contributed by atoms with van der Waals surface area (Å²) in [5.41, 5.74) is 8.89. The highest BCUT2D eigenvalue weighted by Crippen LogP contribution is 2.26. The smallest absolute Gasteiger partial charge is 0.223 e. The van der Waals surface area contributed by atoms with Crippen molar-refractivity contribution in [2.45, 2.75) is 44.4 Å². The van der Waals surface area contributed by atoms with Crippen LogP contribution in [0, 0.1) is 0 Å². The third-order valence-corrected chi connectivity index (χ3v) is 5.25. The van der Waals surface area contributed by atoms with E-state index >= 15 is 0 Å². The van der Waals surface area contributed by atoms with E-state index in [-0.39, 0.29) is 0 Å². The number of rotatable bonds is 6.